The summed E-state index contributed by atoms with van der Waals surface area (Å²) < 4.78 is 5.16. The number of carbonyl (C=O) groups is 1. The molecule has 0 saturated heterocycles. The molecule has 3 N–H and O–H groups in total. The zero-order valence-corrected chi connectivity index (χ0v) is 14.4. The normalized spacial score (nSPS) is 15.0. The van der Waals surface area contributed by atoms with Crippen LogP contribution in [0.4, 0.5) is 4.79 Å². The first-order valence-electron chi connectivity index (χ1n) is 7.70. The van der Waals surface area contributed by atoms with Crippen molar-refractivity contribution in [3.05, 3.63) is 40.2 Å². The third kappa shape index (κ3) is 5.07. The zero-order chi connectivity index (χ0) is 16.8. The quantitative estimate of drug-likeness (QED) is 0.723. The van der Waals surface area contributed by atoms with Crippen LogP contribution in [-0.4, -0.2) is 22.2 Å². The van der Waals surface area contributed by atoms with Crippen molar-refractivity contribution >= 4 is 17.4 Å². The number of nitrogens with one attached hydrogen (secondary N) is 2. The molecule has 0 radical (unpaired) electrons. The van der Waals surface area contributed by atoms with Crippen molar-refractivity contribution < 1.29 is 14.3 Å². The molecule has 2 aromatic rings. The molecule has 3 unspecified atom stereocenters. The number of rotatable bonds is 7. The standard InChI is InChI=1S/C16H23N3O3S/c1-4-12(15-17-11(3)9-23-15)19-16(21)18-10(2)8-13(20)14-6-5-7-22-14/h5-7,9-10,12-13,20H,4,8H2,1-3H3,(H2,18,19,21). The van der Waals surface area contributed by atoms with Crippen LogP contribution >= 0.6 is 11.3 Å². The molecular formula is C16H23N3O3S. The summed E-state index contributed by atoms with van der Waals surface area (Å²) in [5.74, 6) is 0.503. The maximum Gasteiger partial charge on any atom is 0.315 e. The summed E-state index contributed by atoms with van der Waals surface area (Å²) in [7, 11) is 0. The Morgan fingerprint density at radius 2 is 2.26 bits per heavy atom. The lowest BCUT2D eigenvalue weighted by molar-refractivity contribution is 0.129. The Morgan fingerprint density at radius 3 is 2.83 bits per heavy atom. The van der Waals surface area contributed by atoms with E-state index in [1.54, 1.807) is 23.5 Å². The highest BCUT2D eigenvalue weighted by atomic mass is 32.1. The number of aliphatic hydroxyl groups is 1. The summed E-state index contributed by atoms with van der Waals surface area (Å²) in [5.41, 5.74) is 0.959. The molecule has 0 aromatic carbocycles. The zero-order valence-electron chi connectivity index (χ0n) is 13.6. The number of aryl methyl sites for hydroxylation is 1. The van der Waals surface area contributed by atoms with Gasteiger partial charge in [-0.15, -0.1) is 11.3 Å². The fourth-order valence-electron chi connectivity index (χ4n) is 2.29. The van der Waals surface area contributed by atoms with Gasteiger partial charge in [0.25, 0.3) is 0 Å². The SMILES string of the molecule is CCC(NC(=O)NC(C)CC(O)c1ccco1)c1nc(C)cs1. The van der Waals surface area contributed by atoms with E-state index in [2.05, 4.69) is 15.6 Å². The van der Waals surface area contributed by atoms with Gasteiger partial charge in [-0.3, -0.25) is 0 Å². The summed E-state index contributed by atoms with van der Waals surface area (Å²) in [6.45, 7) is 5.79. The van der Waals surface area contributed by atoms with Gasteiger partial charge in [-0.05, 0) is 32.4 Å². The first kappa shape index (κ1) is 17.5. The second-order valence-electron chi connectivity index (χ2n) is 5.57. The molecule has 2 rings (SSSR count). The Morgan fingerprint density at radius 1 is 1.48 bits per heavy atom. The fraction of sp³-hybridized carbons (Fsp3) is 0.500. The third-order valence-electron chi connectivity index (χ3n) is 3.47. The molecule has 2 aromatic heterocycles. The van der Waals surface area contributed by atoms with Gasteiger partial charge in [-0.25, -0.2) is 9.78 Å². The van der Waals surface area contributed by atoms with E-state index in [0.29, 0.717) is 12.2 Å². The van der Waals surface area contributed by atoms with Crippen LogP contribution in [0.5, 0.6) is 0 Å². The lowest BCUT2D eigenvalue weighted by Crippen LogP contribution is -2.42. The molecule has 0 aliphatic rings. The van der Waals surface area contributed by atoms with E-state index >= 15 is 0 Å². The number of aromatic nitrogens is 1. The predicted molar refractivity (Wildman–Crippen MR) is 89.3 cm³/mol. The topological polar surface area (TPSA) is 87.4 Å². The number of hydrogen-bond donors (Lipinski definition) is 3. The van der Waals surface area contributed by atoms with E-state index in [-0.39, 0.29) is 18.1 Å². The van der Waals surface area contributed by atoms with Gasteiger partial charge in [0, 0.05) is 23.5 Å². The highest BCUT2D eigenvalue weighted by Crippen LogP contribution is 2.21. The van der Waals surface area contributed by atoms with Crippen molar-refractivity contribution in [2.24, 2.45) is 0 Å². The number of thiazole rings is 1. The Kier molecular flexibility index (Phi) is 6.18. The molecule has 7 heteroatoms. The van der Waals surface area contributed by atoms with Crippen molar-refractivity contribution in [1.29, 1.82) is 0 Å². The van der Waals surface area contributed by atoms with E-state index < -0.39 is 6.10 Å². The van der Waals surface area contributed by atoms with E-state index in [1.165, 1.54) is 6.26 Å². The number of hydrogen-bond acceptors (Lipinski definition) is 5. The molecule has 0 aliphatic heterocycles. The highest BCUT2D eigenvalue weighted by Gasteiger charge is 2.19. The smallest absolute Gasteiger partial charge is 0.315 e. The Hall–Kier alpha value is -1.86. The number of furan rings is 1. The molecule has 2 amide bonds. The minimum absolute atomic E-state index is 0.101. The molecule has 126 valence electrons. The van der Waals surface area contributed by atoms with Crippen LogP contribution in [0.1, 0.15) is 55.3 Å². The lowest BCUT2D eigenvalue weighted by Gasteiger charge is -2.20. The molecule has 23 heavy (non-hydrogen) atoms. The van der Waals surface area contributed by atoms with Gasteiger partial charge < -0.3 is 20.2 Å². The Bertz CT molecular complexity index is 612. The van der Waals surface area contributed by atoms with Crippen molar-refractivity contribution in [1.82, 2.24) is 15.6 Å². The third-order valence-corrected chi connectivity index (χ3v) is 4.55. The maximum atomic E-state index is 12.1. The van der Waals surface area contributed by atoms with E-state index in [1.807, 2.05) is 26.2 Å². The average Bonchev–Trinajstić information content (AvgIpc) is 3.15. The van der Waals surface area contributed by atoms with E-state index in [0.717, 1.165) is 17.1 Å². The van der Waals surface area contributed by atoms with Gasteiger partial charge >= 0.3 is 6.03 Å². The summed E-state index contributed by atoms with van der Waals surface area (Å²) in [5, 5.41) is 18.7. The van der Waals surface area contributed by atoms with Crippen LogP contribution in [0.15, 0.2) is 28.2 Å². The van der Waals surface area contributed by atoms with Gasteiger partial charge in [0.2, 0.25) is 0 Å². The van der Waals surface area contributed by atoms with Crippen LogP contribution in [-0.2, 0) is 0 Å². The molecule has 0 fully saturated rings. The summed E-state index contributed by atoms with van der Waals surface area (Å²) >= 11 is 1.55. The van der Waals surface area contributed by atoms with Crippen LogP contribution < -0.4 is 10.6 Å². The number of nitrogens with zero attached hydrogens (tertiary/aromatic N) is 1. The first-order valence-corrected chi connectivity index (χ1v) is 8.58. The van der Waals surface area contributed by atoms with Gasteiger partial charge in [-0.1, -0.05) is 6.92 Å². The van der Waals surface area contributed by atoms with E-state index in [4.69, 9.17) is 4.42 Å². The van der Waals surface area contributed by atoms with Crippen molar-refractivity contribution in [3.8, 4) is 0 Å². The van der Waals surface area contributed by atoms with E-state index in [9.17, 15) is 9.90 Å². The molecule has 0 bridgehead atoms. The second-order valence-corrected chi connectivity index (χ2v) is 6.46. The van der Waals surface area contributed by atoms with Gasteiger partial charge in [0.15, 0.2) is 0 Å². The van der Waals surface area contributed by atoms with Gasteiger partial charge in [0.1, 0.15) is 16.9 Å². The Balaban J connectivity index is 1.83. The molecule has 3 atom stereocenters. The summed E-state index contributed by atoms with van der Waals surface area (Å²) in [6, 6.07) is 2.89. The van der Waals surface area contributed by atoms with Gasteiger partial charge in [0.05, 0.1) is 12.3 Å². The number of aliphatic hydroxyl groups excluding tert-OH is 1. The van der Waals surface area contributed by atoms with Crippen LogP contribution in [0.2, 0.25) is 0 Å². The number of carbonyl (C=O) groups excluding carboxylic acids is 1. The maximum absolute atomic E-state index is 12.1. The summed E-state index contributed by atoms with van der Waals surface area (Å²) in [4.78, 5) is 16.5. The molecular weight excluding hydrogens is 314 g/mol. The Labute approximate surface area is 139 Å². The predicted octanol–water partition coefficient (Wildman–Crippen LogP) is 3.31. The van der Waals surface area contributed by atoms with Crippen LogP contribution in [0, 0.1) is 6.92 Å². The number of urea groups is 1. The monoisotopic (exact) mass is 337 g/mol. The summed E-state index contributed by atoms with van der Waals surface area (Å²) in [6.07, 6.45) is 1.94. The number of amides is 2. The molecule has 0 saturated carbocycles. The van der Waals surface area contributed by atoms with Crippen molar-refractivity contribution in [3.63, 3.8) is 0 Å². The highest BCUT2D eigenvalue weighted by molar-refractivity contribution is 7.09. The fourth-order valence-corrected chi connectivity index (χ4v) is 3.22. The van der Waals surface area contributed by atoms with Crippen molar-refractivity contribution in [2.75, 3.05) is 0 Å². The largest absolute Gasteiger partial charge is 0.467 e. The molecule has 0 spiro atoms. The lowest BCUT2D eigenvalue weighted by atomic mass is 10.1. The van der Waals surface area contributed by atoms with Crippen molar-refractivity contribution in [2.45, 2.75) is 51.8 Å². The van der Waals surface area contributed by atoms with Crippen LogP contribution in [0.3, 0.4) is 0 Å². The molecule has 0 aliphatic carbocycles. The molecule has 6 nitrogen and oxygen atoms in total. The second kappa shape index (κ2) is 8.12. The minimum Gasteiger partial charge on any atom is -0.467 e. The van der Waals surface area contributed by atoms with Crippen LogP contribution in [0.25, 0.3) is 0 Å². The first-order chi connectivity index (χ1) is 11.0. The van der Waals surface area contributed by atoms with Gasteiger partial charge in [-0.2, -0.15) is 0 Å². The molecule has 2 heterocycles. The minimum atomic E-state index is -0.733. The average molecular weight is 337 g/mol.